The van der Waals surface area contributed by atoms with E-state index in [9.17, 15) is 0 Å². The summed E-state index contributed by atoms with van der Waals surface area (Å²) >= 11 is 0. The van der Waals surface area contributed by atoms with Crippen LogP contribution in [0.2, 0.25) is 0 Å². The van der Waals surface area contributed by atoms with Gasteiger partial charge in [0.1, 0.15) is 0 Å². The average molecular weight is 178 g/mol. The van der Waals surface area contributed by atoms with Crippen LogP contribution in [0.1, 0.15) is 26.3 Å². The van der Waals surface area contributed by atoms with Gasteiger partial charge in [0.2, 0.25) is 0 Å². The molecule has 0 bridgehead atoms. The molecule has 0 radical (unpaired) electrons. The van der Waals surface area contributed by atoms with Crippen LogP contribution < -0.4 is 0 Å². The van der Waals surface area contributed by atoms with Gasteiger partial charge >= 0.3 is 0 Å². The van der Waals surface area contributed by atoms with Crippen LogP contribution in [0.15, 0.2) is 30.3 Å². The zero-order valence-corrected chi connectivity index (χ0v) is 8.87. The molecule has 0 heterocycles. The molecule has 0 spiro atoms. The van der Waals surface area contributed by atoms with Gasteiger partial charge in [-0.25, -0.2) is 0 Å². The van der Waals surface area contributed by atoms with Crippen molar-refractivity contribution in [3.8, 4) is 0 Å². The van der Waals surface area contributed by atoms with Gasteiger partial charge in [-0.1, -0.05) is 44.2 Å². The lowest BCUT2D eigenvalue weighted by Gasteiger charge is -2.32. The number of ether oxygens (including phenoxy) is 1. The summed E-state index contributed by atoms with van der Waals surface area (Å²) in [6.07, 6.45) is 0. The third kappa shape index (κ3) is 1.92. The zero-order chi connectivity index (χ0) is 9.90. The van der Waals surface area contributed by atoms with Gasteiger partial charge in [-0.15, -0.1) is 0 Å². The molecule has 1 rings (SSSR count). The minimum atomic E-state index is -0.165. The van der Waals surface area contributed by atoms with Crippen molar-refractivity contribution in [3.05, 3.63) is 35.9 Å². The molecule has 0 aliphatic rings. The van der Waals surface area contributed by atoms with Crippen LogP contribution >= 0.6 is 0 Å². The average Bonchev–Trinajstić information content (AvgIpc) is 2.17. The highest BCUT2D eigenvalue weighted by Crippen LogP contribution is 2.32. The molecular weight excluding hydrogens is 160 g/mol. The molecule has 1 heteroatoms. The van der Waals surface area contributed by atoms with Crippen molar-refractivity contribution in [2.75, 3.05) is 7.11 Å². The first-order chi connectivity index (χ1) is 6.11. The van der Waals surface area contributed by atoms with E-state index in [2.05, 4.69) is 45.0 Å². The minimum absolute atomic E-state index is 0.165. The summed E-state index contributed by atoms with van der Waals surface area (Å²) in [5.74, 6) is 0.472. The Bertz CT molecular complexity index is 253. The first-order valence-corrected chi connectivity index (χ1v) is 4.72. The summed E-state index contributed by atoms with van der Waals surface area (Å²) < 4.78 is 5.59. The number of methoxy groups -OCH3 is 1. The van der Waals surface area contributed by atoms with Crippen LogP contribution in [-0.4, -0.2) is 7.11 Å². The second-order valence-electron chi connectivity index (χ2n) is 3.83. The summed E-state index contributed by atoms with van der Waals surface area (Å²) in [5.41, 5.74) is 1.08. The van der Waals surface area contributed by atoms with E-state index in [1.54, 1.807) is 7.11 Å². The van der Waals surface area contributed by atoms with Crippen molar-refractivity contribution in [3.63, 3.8) is 0 Å². The highest BCUT2D eigenvalue weighted by atomic mass is 16.5. The van der Waals surface area contributed by atoms with Crippen molar-refractivity contribution in [1.29, 1.82) is 0 Å². The molecular formula is C12H18O. The summed E-state index contributed by atoms with van der Waals surface area (Å²) in [4.78, 5) is 0. The molecule has 0 fully saturated rings. The maximum absolute atomic E-state index is 5.59. The maximum atomic E-state index is 5.59. The number of hydrogen-bond donors (Lipinski definition) is 0. The lowest BCUT2D eigenvalue weighted by atomic mass is 9.85. The Labute approximate surface area is 80.7 Å². The van der Waals surface area contributed by atoms with E-state index < -0.39 is 0 Å². The first kappa shape index (κ1) is 10.3. The topological polar surface area (TPSA) is 9.23 Å². The van der Waals surface area contributed by atoms with Gasteiger partial charge in [0.15, 0.2) is 0 Å². The Morgan fingerprint density at radius 3 is 2.08 bits per heavy atom. The highest BCUT2D eigenvalue weighted by Gasteiger charge is 2.29. The molecule has 0 unspecified atom stereocenters. The summed E-state index contributed by atoms with van der Waals surface area (Å²) in [6, 6.07) is 10.4. The zero-order valence-electron chi connectivity index (χ0n) is 8.87. The predicted octanol–water partition coefficient (Wildman–Crippen LogP) is 3.20. The lowest BCUT2D eigenvalue weighted by molar-refractivity contribution is -0.0373. The molecule has 13 heavy (non-hydrogen) atoms. The first-order valence-electron chi connectivity index (χ1n) is 4.72. The summed E-state index contributed by atoms with van der Waals surface area (Å²) in [7, 11) is 1.77. The predicted molar refractivity (Wildman–Crippen MR) is 55.6 cm³/mol. The smallest absolute Gasteiger partial charge is 0.0922 e. The fraction of sp³-hybridized carbons (Fsp3) is 0.500. The quantitative estimate of drug-likeness (QED) is 0.690. The molecule has 0 aliphatic carbocycles. The van der Waals surface area contributed by atoms with Gasteiger partial charge in [0.25, 0.3) is 0 Å². The number of benzene rings is 1. The van der Waals surface area contributed by atoms with Crippen LogP contribution in [0.3, 0.4) is 0 Å². The SMILES string of the molecule is CO[C@](C)(c1ccccc1)C(C)C. The minimum Gasteiger partial charge on any atom is -0.374 e. The molecule has 0 aromatic heterocycles. The fourth-order valence-corrected chi connectivity index (χ4v) is 1.46. The largest absolute Gasteiger partial charge is 0.374 e. The van der Waals surface area contributed by atoms with Gasteiger partial charge in [-0.2, -0.15) is 0 Å². The van der Waals surface area contributed by atoms with Gasteiger partial charge < -0.3 is 4.74 Å². The number of hydrogen-bond acceptors (Lipinski definition) is 1. The van der Waals surface area contributed by atoms with Crippen molar-refractivity contribution < 1.29 is 4.74 Å². The maximum Gasteiger partial charge on any atom is 0.0922 e. The van der Waals surface area contributed by atoms with Gasteiger partial charge in [-0.3, -0.25) is 0 Å². The summed E-state index contributed by atoms with van der Waals surface area (Å²) in [6.45, 7) is 6.49. The molecule has 0 saturated heterocycles. The Balaban J connectivity index is 3.03. The highest BCUT2D eigenvalue weighted by molar-refractivity contribution is 5.22. The van der Waals surface area contributed by atoms with Crippen molar-refractivity contribution in [2.45, 2.75) is 26.4 Å². The van der Waals surface area contributed by atoms with Gasteiger partial charge in [0.05, 0.1) is 5.60 Å². The molecule has 72 valence electrons. The van der Waals surface area contributed by atoms with Crippen LogP contribution in [0.4, 0.5) is 0 Å². The monoisotopic (exact) mass is 178 g/mol. The van der Waals surface area contributed by atoms with E-state index in [0.717, 1.165) is 0 Å². The van der Waals surface area contributed by atoms with Gasteiger partial charge in [0, 0.05) is 7.11 Å². The third-order valence-corrected chi connectivity index (χ3v) is 2.87. The molecule has 0 aliphatic heterocycles. The number of rotatable bonds is 3. The third-order valence-electron chi connectivity index (χ3n) is 2.87. The molecule has 0 saturated carbocycles. The molecule has 1 nitrogen and oxygen atoms in total. The lowest BCUT2D eigenvalue weighted by Crippen LogP contribution is -2.30. The normalized spacial score (nSPS) is 15.8. The Morgan fingerprint density at radius 2 is 1.69 bits per heavy atom. The van der Waals surface area contributed by atoms with E-state index in [-0.39, 0.29) is 5.60 Å². The van der Waals surface area contributed by atoms with E-state index in [0.29, 0.717) is 5.92 Å². The fourth-order valence-electron chi connectivity index (χ4n) is 1.46. The molecule has 1 aromatic carbocycles. The van der Waals surface area contributed by atoms with E-state index in [1.807, 2.05) is 6.07 Å². The molecule has 0 N–H and O–H groups in total. The second kappa shape index (κ2) is 3.93. The van der Waals surface area contributed by atoms with E-state index >= 15 is 0 Å². The van der Waals surface area contributed by atoms with E-state index in [4.69, 9.17) is 4.74 Å². The molecule has 0 amide bonds. The Hall–Kier alpha value is -0.820. The Morgan fingerprint density at radius 1 is 1.15 bits per heavy atom. The van der Waals surface area contributed by atoms with Crippen molar-refractivity contribution in [2.24, 2.45) is 5.92 Å². The molecule has 1 atom stereocenters. The van der Waals surface area contributed by atoms with Crippen LogP contribution in [0.25, 0.3) is 0 Å². The van der Waals surface area contributed by atoms with Crippen molar-refractivity contribution in [1.82, 2.24) is 0 Å². The summed E-state index contributed by atoms with van der Waals surface area (Å²) in [5, 5.41) is 0. The van der Waals surface area contributed by atoms with E-state index in [1.165, 1.54) is 5.56 Å². The molecule has 1 aromatic rings. The van der Waals surface area contributed by atoms with Crippen LogP contribution in [-0.2, 0) is 10.3 Å². The van der Waals surface area contributed by atoms with Crippen LogP contribution in [0, 0.1) is 5.92 Å². The van der Waals surface area contributed by atoms with Crippen LogP contribution in [0.5, 0.6) is 0 Å². The second-order valence-corrected chi connectivity index (χ2v) is 3.83. The van der Waals surface area contributed by atoms with Crippen molar-refractivity contribution >= 4 is 0 Å². The standard InChI is InChI=1S/C12H18O/c1-10(2)12(3,13-4)11-8-6-5-7-9-11/h5-10H,1-4H3/t12-/m0/s1. The van der Waals surface area contributed by atoms with Gasteiger partial charge in [-0.05, 0) is 18.4 Å². The Kier molecular flexibility index (Phi) is 3.10.